The van der Waals surface area contributed by atoms with Gasteiger partial charge in [0.25, 0.3) is 0 Å². The van der Waals surface area contributed by atoms with E-state index in [1.165, 1.54) is 6.42 Å². The molecule has 0 unspecified atom stereocenters. The van der Waals surface area contributed by atoms with E-state index in [-0.39, 0.29) is 6.10 Å². The minimum absolute atomic E-state index is 0.0834. The quantitative estimate of drug-likeness (QED) is 0.412. The van der Waals surface area contributed by atoms with Crippen LogP contribution >= 0.6 is 0 Å². The van der Waals surface area contributed by atoms with Gasteiger partial charge < -0.3 is 9.47 Å². The maximum atomic E-state index is 11.2. The molecular weight excluding hydrogens is 208 g/mol. The molecule has 0 bridgehead atoms. The zero-order chi connectivity index (χ0) is 12.0. The fourth-order valence-corrected chi connectivity index (χ4v) is 1.62. The third-order valence-corrected chi connectivity index (χ3v) is 2.75. The van der Waals surface area contributed by atoms with Gasteiger partial charge in [0.05, 0.1) is 0 Å². The van der Waals surface area contributed by atoms with Crippen LogP contribution in [0.1, 0.15) is 46.0 Å². The average Bonchev–Trinajstić information content (AvgIpc) is 2.29. The summed E-state index contributed by atoms with van der Waals surface area (Å²) in [4.78, 5) is 22.5. The van der Waals surface area contributed by atoms with E-state index < -0.39 is 12.1 Å². The van der Waals surface area contributed by atoms with Crippen molar-refractivity contribution in [3.63, 3.8) is 0 Å². The lowest BCUT2D eigenvalue weighted by Gasteiger charge is -2.20. The highest BCUT2D eigenvalue weighted by atomic mass is 16.7. The van der Waals surface area contributed by atoms with Gasteiger partial charge in [-0.15, -0.1) is 0 Å². The largest absolute Gasteiger partial charge is 0.516 e. The molecule has 0 saturated heterocycles. The first kappa shape index (κ1) is 12.7. The van der Waals surface area contributed by atoms with E-state index in [9.17, 15) is 9.59 Å². The summed E-state index contributed by atoms with van der Waals surface area (Å²) in [6, 6.07) is 0. The van der Waals surface area contributed by atoms with Crippen molar-refractivity contribution in [1.29, 1.82) is 0 Å². The first-order valence-electron chi connectivity index (χ1n) is 5.69. The van der Waals surface area contributed by atoms with Crippen molar-refractivity contribution in [2.75, 3.05) is 0 Å². The van der Waals surface area contributed by atoms with E-state index in [1.807, 2.05) is 0 Å². The van der Waals surface area contributed by atoms with Gasteiger partial charge in [-0.2, -0.15) is 0 Å². The second-order valence-electron chi connectivity index (χ2n) is 3.99. The lowest BCUT2D eigenvalue weighted by molar-refractivity contribution is -0.136. The molecular formula is C12H18O4. The standard InChI is InChI=1S/C12H18O4/c1-3-9(2)11(13)16-12(14)15-10-7-5-4-6-8-10/h3,10H,4-8H2,1-2H3. The molecule has 4 nitrogen and oxygen atoms in total. The highest BCUT2D eigenvalue weighted by molar-refractivity contribution is 5.93. The van der Waals surface area contributed by atoms with Crippen LogP contribution < -0.4 is 0 Å². The Hall–Kier alpha value is -1.32. The Labute approximate surface area is 95.6 Å². The summed E-state index contributed by atoms with van der Waals surface area (Å²) >= 11 is 0. The van der Waals surface area contributed by atoms with E-state index in [2.05, 4.69) is 4.74 Å². The first-order valence-corrected chi connectivity index (χ1v) is 5.69. The van der Waals surface area contributed by atoms with Crippen LogP contribution in [0, 0.1) is 0 Å². The summed E-state index contributed by atoms with van der Waals surface area (Å²) in [6.45, 7) is 3.30. The summed E-state index contributed by atoms with van der Waals surface area (Å²) in [5.74, 6) is -0.636. The van der Waals surface area contributed by atoms with E-state index in [1.54, 1.807) is 19.9 Å². The minimum Gasteiger partial charge on any atom is -0.431 e. The Morgan fingerprint density at radius 2 is 1.81 bits per heavy atom. The first-order chi connectivity index (χ1) is 7.63. The van der Waals surface area contributed by atoms with Gasteiger partial charge >= 0.3 is 12.1 Å². The van der Waals surface area contributed by atoms with Gasteiger partial charge in [-0.25, -0.2) is 9.59 Å². The minimum atomic E-state index is -0.877. The maximum Gasteiger partial charge on any atom is 0.516 e. The molecule has 1 aliphatic carbocycles. The highest BCUT2D eigenvalue weighted by Gasteiger charge is 2.20. The summed E-state index contributed by atoms with van der Waals surface area (Å²) in [7, 11) is 0. The number of ether oxygens (including phenoxy) is 2. The van der Waals surface area contributed by atoms with E-state index in [0.717, 1.165) is 25.7 Å². The molecule has 0 aromatic heterocycles. The predicted molar refractivity (Wildman–Crippen MR) is 58.9 cm³/mol. The second-order valence-corrected chi connectivity index (χ2v) is 3.99. The Morgan fingerprint density at radius 1 is 1.19 bits per heavy atom. The zero-order valence-electron chi connectivity index (χ0n) is 9.82. The highest BCUT2D eigenvalue weighted by Crippen LogP contribution is 2.20. The van der Waals surface area contributed by atoms with Crippen molar-refractivity contribution in [3.05, 3.63) is 11.6 Å². The van der Waals surface area contributed by atoms with Crippen LogP contribution in [0.2, 0.25) is 0 Å². The Kier molecular flexibility index (Phi) is 5.02. The monoisotopic (exact) mass is 226 g/mol. The van der Waals surface area contributed by atoms with Crippen molar-refractivity contribution in [1.82, 2.24) is 0 Å². The molecule has 4 heteroatoms. The van der Waals surface area contributed by atoms with Crippen LogP contribution in [0.3, 0.4) is 0 Å². The number of rotatable bonds is 2. The van der Waals surface area contributed by atoms with Gasteiger partial charge in [0.15, 0.2) is 0 Å². The van der Waals surface area contributed by atoms with Gasteiger partial charge in [0.1, 0.15) is 6.10 Å². The van der Waals surface area contributed by atoms with E-state index in [4.69, 9.17) is 4.74 Å². The smallest absolute Gasteiger partial charge is 0.431 e. The molecule has 0 N–H and O–H groups in total. The van der Waals surface area contributed by atoms with Gasteiger partial charge in [-0.3, -0.25) is 0 Å². The number of carbonyl (C=O) groups is 2. The van der Waals surface area contributed by atoms with Crippen LogP contribution in [-0.2, 0) is 14.3 Å². The number of esters is 1. The lowest BCUT2D eigenvalue weighted by atomic mass is 9.98. The van der Waals surface area contributed by atoms with Gasteiger partial charge in [-0.05, 0) is 39.5 Å². The molecule has 0 spiro atoms. The van der Waals surface area contributed by atoms with Crippen molar-refractivity contribution < 1.29 is 19.1 Å². The van der Waals surface area contributed by atoms with E-state index >= 15 is 0 Å². The predicted octanol–water partition coefficient (Wildman–Crippen LogP) is 2.97. The van der Waals surface area contributed by atoms with Crippen molar-refractivity contribution in [2.45, 2.75) is 52.1 Å². The molecule has 16 heavy (non-hydrogen) atoms. The third kappa shape index (κ3) is 4.04. The summed E-state index contributed by atoms with van der Waals surface area (Å²) in [6.07, 6.45) is 5.69. The number of hydrogen-bond donors (Lipinski definition) is 0. The molecule has 0 radical (unpaired) electrons. The van der Waals surface area contributed by atoms with Gasteiger partial charge in [0, 0.05) is 5.57 Å². The Balaban J connectivity index is 2.32. The third-order valence-electron chi connectivity index (χ3n) is 2.75. The second kappa shape index (κ2) is 6.30. The molecule has 0 aromatic rings. The van der Waals surface area contributed by atoms with Crippen LogP contribution in [0.15, 0.2) is 11.6 Å². The Morgan fingerprint density at radius 3 is 2.38 bits per heavy atom. The van der Waals surface area contributed by atoms with E-state index in [0.29, 0.717) is 5.57 Å². The molecule has 0 heterocycles. The number of allylic oxidation sites excluding steroid dienone is 1. The molecule has 1 saturated carbocycles. The van der Waals surface area contributed by atoms with Crippen molar-refractivity contribution in [3.8, 4) is 0 Å². The Bertz CT molecular complexity index is 287. The van der Waals surface area contributed by atoms with Crippen LogP contribution in [-0.4, -0.2) is 18.2 Å². The molecule has 0 aliphatic heterocycles. The molecule has 0 amide bonds. The molecule has 1 fully saturated rings. The lowest BCUT2D eigenvalue weighted by Crippen LogP contribution is -2.23. The summed E-state index contributed by atoms with van der Waals surface area (Å²) in [5, 5.41) is 0. The SMILES string of the molecule is CC=C(C)C(=O)OC(=O)OC1CCCCC1. The molecule has 0 aromatic carbocycles. The van der Waals surface area contributed by atoms with Crippen molar-refractivity contribution >= 4 is 12.1 Å². The van der Waals surface area contributed by atoms with Crippen LogP contribution in [0.4, 0.5) is 4.79 Å². The zero-order valence-corrected chi connectivity index (χ0v) is 9.82. The van der Waals surface area contributed by atoms with Gasteiger partial charge in [0.2, 0.25) is 0 Å². The van der Waals surface area contributed by atoms with Gasteiger partial charge in [-0.1, -0.05) is 12.5 Å². The molecule has 1 rings (SSSR count). The normalized spacial score (nSPS) is 18.0. The fourth-order valence-electron chi connectivity index (χ4n) is 1.62. The maximum absolute atomic E-state index is 11.2. The summed E-state index contributed by atoms with van der Waals surface area (Å²) in [5.41, 5.74) is 0.403. The van der Waals surface area contributed by atoms with Crippen LogP contribution in [0.5, 0.6) is 0 Å². The number of hydrogen-bond acceptors (Lipinski definition) is 4. The number of carbonyl (C=O) groups excluding carboxylic acids is 2. The molecule has 1 aliphatic rings. The topological polar surface area (TPSA) is 52.6 Å². The molecule has 90 valence electrons. The molecule has 0 atom stereocenters. The fraction of sp³-hybridized carbons (Fsp3) is 0.667. The van der Waals surface area contributed by atoms with Crippen molar-refractivity contribution in [2.24, 2.45) is 0 Å². The average molecular weight is 226 g/mol. The summed E-state index contributed by atoms with van der Waals surface area (Å²) < 4.78 is 9.58. The van der Waals surface area contributed by atoms with Crippen LogP contribution in [0.25, 0.3) is 0 Å².